The van der Waals surface area contributed by atoms with Crippen molar-refractivity contribution in [3.8, 4) is 0 Å². The van der Waals surface area contributed by atoms with Crippen LogP contribution in [-0.4, -0.2) is 0 Å². The van der Waals surface area contributed by atoms with E-state index in [2.05, 4.69) is 0 Å². The maximum Gasteiger partial charge on any atom is 0.343 e. The zero-order chi connectivity index (χ0) is 10.4. The van der Waals surface area contributed by atoms with Crippen LogP contribution < -0.4 is 5.63 Å². The normalized spacial score (nSPS) is 15.8. The van der Waals surface area contributed by atoms with Crippen LogP contribution >= 0.6 is 11.6 Å². The highest BCUT2D eigenvalue weighted by Crippen LogP contribution is 2.43. The van der Waals surface area contributed by atoms with Gasteiger partial charge in [0, 0.05) is 10.4 Å². The maximum atomic E-state index is 11.7. The summed E-state index contributed by atoms with van der Waals surface area (Å²) >= 11 is 6.05. The molecule has 3 heteroatoms. The Morgan fingerprint density at radius 2 is 2.07 bits per heavy atom. The van der Waals surface area contributed by atoms with E-state index in [1.165, 1.54) is 6.26 Å². The van der Waals surface area contributed by atoms with Gasteiger partial charge in [-0.3, -0.25) is 0 Å². The van der Waals surface area contributed by atoms with Gasteiger partial charge >= 0.3 is 5.63 Å². The SMILES string of the molecule is O=c1occc2c(Cl)ccc(C3CC3)c12. The van der Waals surface area contributed by atoms with E-state index < -0.39 is 0 Å². The lowest BCUT2D eigenvalue weighted by Gasteiger charge is -2.04. The van der Waals surface area contributed by atoms with Crippen LogP contribution in [0.2, 0.25) is 5.02 Å². The Morgan fingerprint density at radius 1 is 1.27 bits per heavy atom. The van der Waals surface area contributed by atoms with E-state index >= 15 is 0 Å². The number of hydrogen-bond acceptors (Lipinski definition) is 2. The molecule has 2 nitrogen and oxygen atoms in total. The Hall–Kier alpha value is -1.28. The molecule has 0 amide bonds. The molecule has 1 aliphatic rings. The third-order valence-electron chi connectivity index (χ3n) is 2.86. The summed E-state index contributed by atoms with van der Waals surface area (Å²) in [6.45, 7) is 0. The molecule has 2 aromatic rings. The highest BCUT2D eigenvalue weighted by Gasteiger charge is 2.26. The zero-order valence-corrected chi connectivity index (χ0v) is 8.75. The van der Waals surface area contributed by atoms with Crippen molar-refractivity contribution in [3.05, 3.63) is 45.5 Å². The first-order valence-corrected chi connectivity index (χ1v) is 5.35. The molecule has 0 spiro atoms. The summed E-state index contributed by atoms with van der Waals surface area (Å²) in [7, 11) is 0. The smallest absolute Gasteiger partial charge is 0.343 e. The summed E-state index contributed by atoms with van der Waals surface area (Å²) < 4.78 is 4.90. The molecule has 76 valence electrons. The molecule has 0 aliphatic heterocycles. The summed E-state index contributed by atoms with van der Waals surface area (Å²) in [4.78, 5) is 11.7. The maximum absolute atomic E-state index is 11.7. The highest BCUT2D eigenvalue weighted by molar-refractivity contribution is 6.35. The average molecular weight is 221 g/mol. The van der Waals surface area contributed by atoms with Crippen molar-refractivity contribution in [2.45, 2.75) is 18.8 Å². The summed E-state index contributed by atoms with van der Waals surface area (Å²) in [6.07, 6.45) is 3.71. The van der Waals surface area contributed by atoms with E-state index in [1.54, 1.807) is 6.07 Å². The fraction of sp³-hybridized carbons (Fsp3) is 0.250. The second-order valence-electron chi connectivity index (χ2n) is 3.91. The van der Waals surface area contributed by atoms with Crippen LogP contribution in [0.25, 0.3) is 10.8 Å². The van der Waals surface area contributed by atoms with E-state index in [4.69, 9.17) is 16.0 Å². The third kappa shape index (κ3) is 1.37. The summed E-state index contributed by atoms with van der Waals surface area (Å²) in [5.41, 5.74) is 0.806. The monoisotopic (exact) mass is 220 g/mol. The number of rotatable bonds is 1. The first-order valence-electron chi connectivity index (χ1n) is 4.97. The molecule has 0 atom stereocenters. The third-order valence-corrected chi connectivity index (χ3v) is 3.19. The topological polar surface area (TPSA) is 30.2 Å². The molecule has 1 aliphatic carbocycles. The Kier molecular flexibility index (Phi) is 1.86. The largest absolute Gasteiger partial charge is 0.431 e. The molecule has 15 heavy (non-hydrogen) atoms. The van der Waals surface area contributed by atoms with Crippen molar-refractivity contribution < 1.29 is 4.42 Å². The summed E-state index contributed by atoms with van der Waals surface area (Å²) in [5, 5.41) is 2.08. The minimum absolute atomic E-state index is 0.281. The van der Waals surface area contributed by atoms with E-state index in [0.717, 1.165) is 23.8 Å². The van der Waals surface area contributed by atoms with Gasteiger partial charge in [-0.15, -0.1) is 0 Å². The predicted molar refractivity (Wildman–Crippen MR) is 59.5 cm³/mol. The van der Waals surface area contributed by atoms with Crippen LogP contribution in [-0.2, 0) is 0 Å². The molecule has 3 rings (SSSR count). The Labute approximate surface area is 91.5 Å². The van der Waals surface area contributed by atoms with E-state index in [9.17, 15) is 4.79 Å². The second-order valence-corrected chi connectivity index (χ2v) is 4.31. The molecule has 0 bridgehead atoms. The van der Waals surface area contributed by atoms with Gasteiger partial charge < -0.3 is 4.42 Å². The Bertz CT molecular complexity index is 582. The molecule has 1 fully saturated rings. The predicted octanol–water partition coefficient (Wildman–Crippen LogP) is 3.32. The van der Waals surface area contributed by atoms with Crippen LogP contribution in [0.15, 0.2) is 33.7 Å². The van der Waals surface area contributed by atoms with Crippen LogP contribution in [0.3, 0.4) is 0 Å². The van der Waals surface area contributed by atoms with Crippen molar-refractivity contribution in [1.29, 1.82) is 0 Å². The fourth-order valence-electron chi connectivity index (χ4n) is 1.96. The standard InChI is InChI=1S/C12H9ClO2/c13-10-4-3-8(7-1-2-7)11-9(10)5-6-15-12(11)14/h3-7H,1-2H2. The minimum Gasteiger partial charge on any atom is -0.431 e. The molecular weight excluding hydrogens is 212 g/mol. The van der Waals surface area contributed by atoms with Gasteiger partial charge in [0.1, 0.15) is 0 Å². The molecule has 0 radical (unpaired) electrons. The summed E-state index contributed by atoms with van der Waals surface area (Å²) in [5.74, 6) is 0.523. The molecule has 0 saturated heterocycles. The van der Waals surface area contributed by atoms with Gasteiger partial charge in [0.25, 0.3) is 0 Å². The van der Waals surface area contributed by atoms with Crippen molar-refractivity contribution in [3.63, 3.8) is 0 Å². The first-order chi connectivity index (χ1) is 7.27. The van der Waals surface area contributed by atoms with Crippen molar-refractivity contribution in [2.75, 3.05) is 0 Å². The number of fused-ring (bicyclic) bond motifs is 1. The zero-order valence-electron chi connectivity index (χ0n) is 8.00. The second kappa shape index (κ2) is 3.11. The van der Waals surface area contributed by atoms with E-state index in [0.29, 0.717) is 16.3 Å². The molecule has 1 saturated carbocycles. The molecule has 0 unspecified atom stereocenters. The van der Waals surface area contributed by atoms with Crippen LogP contribution in [0, 0.1) is 0 Å². The van der Waals surface area contributed by atoms with Gasteiger partial charge in [0.2, 0.25) is 0 Å². The van der Waals surface area contributed by atoms with Gasteiger partial charge in [0.05, 0.1) is 11.6 Å². The van der Waals surface area contributed by atoms with Crippen molar-refractivity contribution >= 4 is 22.4 Å². The lowest BCUT2D eigenvalue weighted by molar-refractivity contribution is 0.519. The van der Waals surface area contributed by atoms with Crippen LogP contribution in [0.5, 0.6) is 0 Å². The van der Waals surface area contributed by atoms with E-state index in [-0.39, 0.29) is 5.63 Å². The quantitative estimate of drug-likeness (QED) is 0.738. The van der Waals surface area contributed by atoms with Crippen molar-refractivity contribution in [1.82, 2.24) is 0 Å². The number of halogens is 1. The molecule has 1 heterocycles. The van der Waals surface area contributed by atoms with Gasteiger partial charge in [-0.1, -0.05) is 17.7 Å². The van der Waals surface area contributed by atoms with Crippen LogP contribution in [0.1, 0.15) is 24.3 Å². The highest BCUT2D eigenvalue weighted by atomic mass is 35.5. The fourth-order valence-corrected chi connectivity index (χ4v) is 2.18. The molecule has 1 aromatic carbocycles. The minimum atomic E-state index is -0.281. The molecule has 0 N–H and O–H groups in total. The van der Waals surface area contributed by atoms with Gasteiger partial charge in [-0.2, -0.15) is 0 Å². The van der Waals surface area contributed by atoms with E-state index in [1.807, 2.05) is 12.1 Å². The Morgan fingerprint density at radius 3 is 2.80 bits per heavy atom. The molecule has 1 aromatic heterocycles. The van der Waals surface area contributed by atoms with Gasteiger partial charge in [-0.05, 0) is 36.5 Å². The lowest BCUT2D eigenvalue weighted by Crippen LogP contribution is -2.01. The Balaban J connectivity index is 2.46. The summed E-state index contributed by atoms with van der Waals surface area (Å²) in [6, 6.07) is 5.56. The lowest BCUT2D eigenvalue weighted by atomic mass is 10.0. The molecular formula is C12H9ClO2. The van der Waals surface area contributed by atoms with Gasteiger partial charge in [0.15, 0.2) is 0 Å². The average Bonchev–Trinajstić information content (AvgIpc) is 3.03. The van der Waals surface area contributed by atoms with Crippen molar-refractivity contribution in [2.24, 2.45) is 0 Å². The van der Waals surface area contributed by atoms with Crippen LogP contribution in [0.4, 0.5) is 0 Å². The number of hydrogen-bond donors (Lipinski definition) is 0. The first kappa shape index (κ1) is 8.98. The van der Waals surface area contributed by atoms with Gasteiger partial charge in [-0.25, -0.2) is 4.79 Å². The number of benzene rings is 1.